The van der Waals surface area contributed by atoms with Crippen molar-refractivity contribution < 1.29 is 14.4 Å². The summed E-state index contributed by atoms with van der Waals surface area (Å²) in [5.41, 5.74) is 2.47. The molecule has 0 aliphatic rings. The molecule has 0 radical (unpaired) electrons. The maximum atomic E-state index is 13.2. The number of hydrogen-bond acceptors (Lipinski definition) is 7. The third-order valence-electron chi connectivity index (χ3n) is 5.76. The Balaban J connectivity index is 1.70. The van der Waals surface area contributed by atoms with Crippen molar-refractivity contribution in [1.29, 1.82) is 0 Å². The molecule has 0 bridgehead atoms. The topological polar surface area (TPSA) is 109 Å². The smallest absolute Gasteiger partial charge is 0.282 e. The molecular weight excluding hydrogens is 552 g/mol. The van der Waals surface area contributed by atoms with Gasteiger partial charge < -0.3 is 9.47 Å². The number of fused-ring (bicyclic) bond motifs is 1. The van der Waals surface area contributed by atoms with Gasteiger partial charge in [0, 0.05) is 28.6 Å². The molecule has 9 nitrogen and oxygen atoms in total. The molecule has 1 heterocycles. The van der Waals surface area contributed by atoms with Crippen LogP contribution >= 0.6 is 15.9 Å². The minimum absolute atomic E-state index is 0.00633. The van der Waals surface area contributed by atoms with E-state index in [2.05, 4.69) is 32.6 Å². The standard InChI is InChI=1S/C28H25BrN4O5/c1-4-7-20-12-19(14-25(37-3)27(20)38-17-18-8-6-9-22(13-18)33(35)36)16-30-32-26(5-2)31-24-11-10-21(29)15-23(24)28(32)34/h4,6,8-16H,1,5,7,17H2,2-3H3. The third-order valence-corrected chi connectivity index (χ3v) is 6.25. The number of hydrogen-bond donors (Lipinski definition) is 0. The number of aromatic nitrogens is 2. The van der Waals surface area contributed by atoms with Gasteiger partial charge in [-0.25, -0.2) is 4.98 Å². The number of benzene rings is 3. The fourth-order valence-corrected chi connectivity index (χ4v) is 4.32. The summed E-state index contributed by atoms with van der Waals surface area (Å²) in [5.74, 6) is 1.50. The average molecular weight is 577 g/mol. The summed E-state index contributed by atoms with van der Waals surface area (Å²) >= 11 is 3.41. The molecule has 0 atom stereocenters. The molecule has 38 heavy (non-hydrogen) atoms. The highest BCUT2D eigenvalue weighted by Gasteiger charge is 2.15. The summed E-state index contributed by atoms with van der Waals surface area (Å²) in [5, 5.41) is 16.0. The third kappa shape index (κ3) is 5.81. The lowest BCUT2D eigenvalue weighted by atomic mass is 10.1. The second-order valence-electron chi connectivity index (χ2n) is 8.32. The molecule has 1 aromatic heterocycles. The zero-order valence-corrected chi connectivity index (χ0v) is 22.5. The van der Waals surface area contributed by atoms with Gasteiger partial charge in [0.1, 0.15) is 12.4 Å². The number of nitro groups is 1. The summed E-state index contributed by atoms with van der Waals surface area (Å²) in [7, 11) is 1.53. The van der Waals surface area contributed by atoms with E-state index in [1.165, 1.54) is 23.9 Å². The number of methoxy groups -OCH3 is 1. The van der Waals surface area contributed by atoms with Gasteiger partial charge in [-0.15, -0.1) is 6.58 Å². The zero-order valence-electron chi connectivity index (χ0n) is 20.9. The number of aryl methyl sites for hydroxylation is 1. The second kappa shape index (κ2) is 11.8. The fourth-order valence-electron chi connectivity index (χ4n) is 3.96. The number of nitrogens with zero attached hydrogens (tertiary/aromatic N) is 4. The lowest BCUT2D eigenvalue weighted by molar-refractivity contribution is -0.384. The molecule has 0 fully saturated rings. The van der Waals surface area contributed by atoms with E-state index in [1.54, 1.807) is 42.6 Å². The Morgan fingerprint density at radius 1 is 1.21 bits per heavy atom. The van der Waals surface area contributed by atoms with Crippen molar-refractivity contribution in [2.45, 2.75) is 26.4 Å². The summed E-state index contributed by atoms with van der Waals surface area (Å²) in [6.45, 7) is 5.86. The highest BCUT2D eigenvalue weighted by Crippen LogP contribution is 2.34. The minimum Gasteiger partial charge on any atom is -0.493 e. The minimum atomic E-state index is -0.444. The van der Waals surface area contributed by atoms with Gasteiger partial charge in [0.25, 0.3) is 11.2 Å². The summed E-state index contributed by atoms with van der Waals surface area (Å²) < 4.78 is 13.7. The van der Waals surface area contributed by atoms with E-state index in [0.717, 1.165) is 10.0 Å². The summed E-state index contributed by atoms with van der Waals surface area (Å²) in [6, 6.07) is 15.3. The van der Waals surface area contributed by atoms with Crippen LogP contribution in [0.1, 0.15) is 29.4 Å². The summed E-state index contributed by atoms with van der Waals surface area (Å²) in [6.07, 6.45) is 4.31. The number of rotatable bonds is 10. The van der Waals surface area contributed by atoms with Crippen LogP contribution in [0.5, 0.6) is 11.5 Å². The molecule has 10 heteroatoms. The highest BCUT2D eigenvalue weighted by atomic mass is 79.9. The Hall–Kier alpha value is -4.31. The van der Waals surface area contributed by atoms with Crippen LogP contribution in [-0.2, 0) is 19.4 Å². The Bertz CT molecular complexity index is 1610. The lowest BCUT2D eigenvalue weighted by Gasteiger charge is -2.16. The zero-order chi connectivity index (χ0) is 27.2. The van der Waals surface area contributed by atoms with Crippen LogP contribution in [0, 0.1) is 10.1 Å². The molecule has 0 saturated carbocycles. The van der Waals surface area contributed by atoms with Crippen molar-refractivity contribution in [3.8, 4) is 11.5 Å². The normalized spacial score (nSPS) is 11.1. The molecule has 3 aromatic carbocycles. The Kier molecular flexibility index (Phi) is 8.32. The van der Waals surface area contributed by atoms with Crippen molar-refractivity contribution in [3.05, 3.63) is 115 Å². The number of nitro benzene ring substituents is 1. The quantitative estimate of drug-likeness (QED) is 0.102. The number of halogens is 1. The predicted octanol–water partition coefficient (Wildman–Crippen LogP) is 5.83. The van der Waals surface area contributed by atoms with E-state index in [9.17, 15) is 14.9 Å². The van der Waals surface area contributed by atoms with Gasteiger partial charge in [0.2, 0.25) is 0 Å². The highest BCUT2D eigenvalue weighted by molar-refractivity contribution is 9.10. The molecule has 0 spiro atoms. The molecular formula is C28H25BrN4O5. The molecule has 0 amide bonds. The van der Waals surface area contributed by atoms with Crippen LogP contribution in [0.4, 0.5) is 5.69 Å². The van der Waals surface area contributed by atoms with Crippen molar-refractivity contribution in [2.24, 2.45) is 5.10 Å². The van der Waals surface area contributed by atoms with E-state index in [4.69, 9.17) is 9.47 Å². The molecule has 4 rings (SSSR count). The van der Waals surface area contributed by atoms with Gasteiger partial charge in [-0.2, -0.15) is 9.78 Å². The number of ether oxygens (including phenoxy) is 2. The SMILES string of the molecule is C=CCc1cc(C=Nn2c(CC)nc3ccc(Br)cc3c2=O)cc(OC)c1OCc1cccc([N+](=O)[O-])c1. The molecule has 0 aliphatic carbocycles. The molecule has 194 valence electrons. The van der Waals surface area contributed by atoms with Crippen molar-refractivity contribution in [2.75, 3.05) is 7.11 Å². The number of allylic oxidation sites excluding steroid dienone is 1. The Morgan fingerprint density at radius 3 is 2.74 bits per heavy atom. The summed E-state index contributed by atoms with van der Waals surface area (Å²) in [4.78, 5) is 28.5. The van der Waals surface area contributed by atoms with Crippen molar-refractivity contribution >= 4 is 38.7 Å². The van der Waals surface area contributed by atoms with Crippen LogP contribution in [0.25, 0.3) is 10.9 Å². The Morgan fingerprint density at radius 2 is 2.03 bits per heavy atom. The first-order valence-corrected chi connectivity index (χ1v) is 12.6. The largest absolute Gasteiger partial charge is 0.493 e. The maximum Gasteiger partial charge on any atom is 0.282 e. The first kappa shape index (κ1) is 26.7. The van der Waals surface area contributed by atoms with Gasteiger partial charge in [0.05, 0.1) is 29.2 Å². The van der Waals surface area contributed by atoms with E-state index in [-0.39, 0.29) is 17.9 Å². The van der Waals surface area contributed by atoms with Crippen LogP contribution in [0.2, 0.25) is 0 Å². The van der Waals surface area contributed by atoms with Crippen LogP contribution in [0.15, 0.2) is 81.6 Å². The predicted molar refractivity (Wildman–Crippen MR) is 150 cm³/mol. The lowest BCUT2D eigenvalue weighted by Crippen LogP contribution is -2.22. The molecule has 0 N–H and O–H groups in total. The van der Waals surface area contributed by atoms with Crippen LogP contribution in [-0.4, -0.2) is 27.9 Å². The van der Waals surface area contributed by atoms with Gasteiger partial charge >= 0.3 is 0 Å². The van der Waals surface area contributed by atoms with Gasteiger partial charge in [-0.3, -0.25) is 14.9 Å². The second-order valence-corrected chi connectivity index (χ2v) is 9.24. The first-order valence-electron chi connectivity index (χ1n) is 11.8. The fraction of sp³-hybridized carbons (Fsp3) is 0.179. The Labute approximate surface area is 227 Å². The van der Waals surface area contributed by atoms with E-state index >= 15 is 0 Å². The molecule has 0 unspecified atom stereocenters. The van der Waals surface area contributed by atoms with Gasteiger partial charge in [-0.05, 0) is 47.9 Å². The van der Waals surface area contributed by atoms with Gasteiger partial charge in [0.15, 0.2) is 11.5 Å². The van der Waals surface area contributed by atoms with Crippen LogP contribution < -0.4 is 15.0 Å². The van der Waals surface area contributed by atoms with E-state index in [1.807, 2.05) is 19.1 Å². The molecule has 0 aliphatic heterocycles. The first-order chi connectivity index (χ1) is 18.3. The van der Waals surface area contributed by atoms with E-state index < -0.39 is 4.92 Å². The molecule has 0 saturated heterocycles. The van der Waals surface area contributed by atoms with Gasteiger partial charge in [-0.1, -0.05) is 41.1 Å². The monoisotopic (exact) mass is 576 g/mol. The molecule has 4 aromatic rings. The van der Waals surface area contributed by atoms with Crippen molar-refractivity contribution in [1.82, 2.24) is 9.66 Å². The maximum absolute atomic E-state index is 13.2. The van der Waals surface area contributed by atoms with Crippen LogP contribution in [0.3, 0.4) is 0 Å². The van der Waals surface area contributed by atoms with E-state index in [0.29, 0.717) is 52.2 Å². The van der Waals surface area contributed by atoms with Crippen molar-refractivity contribution in [3.63, 3.8) is 0 Å². The average Bonchev–Trinajstić information content (AvgIpc) is 2.92. The number of non-ortho nitro benzene ring substituents is 1.